The molecule has 1 aromatic heterocycles. The van der Waals surface area contributed by atoms with Crippen LogP contribution >= 0.6 is 11.3 Å². The van der Waals surface area contributed by atoms with E-state index in [1.54, 1.807) is 35.6 Å². The molecule has 0 amide bonds. The molecule has 0 aliphatic heterocycles. The summed E-state index contributed by atoms with van der Waals surface area (Å²) in [5.41, 5.74) is 6.74. The molecule has 2 rings (SSSR count). The van der Waals surface area contributed by atoms with Crippen molar-refractivity contribution in [3.8, 4) is 5.75 Å². The van der Waals surface area contributed by atoms with Crippen LogP contribution < -0.4 is 10.3 Å². The number of anilines is 1. The summed E-state index contributed by atoms with van der Waals surface area (Å²) in [5.74, 6) is 0.322. The Hall–Kier alpha value is -1.55. The van der Waals surface area contributed by atoms with Crippen LogP contribution in [0.2, 0.25) is 0 Å². The number of aryl methyl sites for hydroxylation is 1. The van der Waals surface area contributed by atoms with E-state index in [2.05, 4.69) is 0 Å². The normalized spacial score (nSPS) is 9.20. The molecule has 2 aromatic rings. The highest BCUT2D eigenvalue weighted by Gasteiger charge is 2.02. The standard InChI is InChI=1S/C6H6O.C5H8N2S/c7-6-4-2-1-3-5-6;1-4-3-8-5(6)7(4)2/h1-5,7H;3,6H,1-2H3/p+1. The van der Waals surface area contributed by atoms with Crippen molar-refractivity contribution in [2.45, 2.75) is 6.92 Å². The van der Waals surface area contributed by atoms with Crippen molar-refractivity contribution in [2.75, 3.05) is 5.73 Å². The molecule has 3 nitrogen and oxygen atoms in total. The number of nitrogens with zero attached hydrogens (tertiary/aromatic N) is 1. The molecular weight excluding hydrogens is 208 g/mol. The Bertz CT molecular complexity index is 392. The van der Waals surface area contributed by atoms with Gasteiger partial charge < -0.3 is 5.11 Å². The van der Waals surface area contributed by atoms with E-state index in [1.165, 1.54) is 5.69 Å². The van der Waals surface area contributed by atoms with Gasteiger partial charge in [-0.25, -0.2) is 4.57 Å². The lowest BCUT2D eigenvalue weighted by Gasteiger charge is -1.84. The predicted molar refractivity (Wildman–Crippen MR) is 62.8 cm³/mol. The molecule has 4 heteroatoms. The first-order valence-electron chi connectivity index (χ1n) is 4.55. The summed E-state index contributed by atoms with van der Waals surface area (Å²) >= 11 is 1.57. The third-order valence-corrected chi connectivity index (χ3v) is 2.94. The lowest BCUT2D eigenvalue weighted by atomic mass is 10.3. The van der Waals surface area contributed by atoms with Crippen molar-refractivity contribution < 1.29 is 9.67 Å². The molecule has 0 spiro atoms. The molecule has 0 radical (unpaired) electrons. The van der Waals surface area contributed by atoms with Crippen LogP contribution in [0, 0.1) is 6.92 Å². The van der Waals surface area contributed by atoms with Gasteiger partial charge in [-0.15, -0.1) is 0 Å². The maximum Gasteiger partial charge on any atom is 0.331 e. The van der Waals surface area contributed by atoms with Gasteiger partial charge in [-0.05, 0) is 19.1 Å². The molecule has 0 unspecified atom stereocenters. The first-order valence-corrected chi connectivity index (χ1v) is 5.43. The average Bonchev–Trinajstić information content (AvgIpc) is 2.52. The van der Waals surface area contributed by atoms with Crippen LogP contribution in [0.3, 0.4) is 0 Å². The number of thiazole rings is 1. The molecule has 0 bridgehead atoms. The number of nitrogen functional groups attached to an aromatic ring is 1. The van der Waals surface area contributed by atoms with E-state index in [-0.39, 0.29) is 0 Å². The van der Waals surface area contributed by atoms with Gasteiger partial charge in [0.15, 0.2) is 0 Å². The van der Waals surface area contributed by atoms with E-state index in [0.29, 0.717) is 5.75 Å². The molecule has 15 heavy (non-hydrogen) atoms. The van der Waals surface area contributed by atoms with Gasteiger partial charge in [-0.2, -0.15) is 0 Å². The van der Waals surface area contributed by atoms with Crippen LogP contribution in [0.4, 0.5) is 5.13 Å². The molecule has 0 aliphatic rings. The Kier molecular flexibility index (Phi) is 4.12. The zero-order valence-electron chi connectivity index (χ0n) is 8.84. The van der Waals surface area contributed by atoms with E-state index < -0.39 is 0 Å². The Morgan fingerprint density at radius 3 is 2.07 bits per heavy atom. The van der Waals surface area contributed by atoms with Crippen molar-refractivity contribution in [3.63, 3.8) is 0 Å². The number of aromatic hydroxyl groups is 1. The van der Waals surface area contributed by atoms with Crippen LogP contribution in [0.1, 0.15) is 5.69 Å². The fourth-order valence-electron chi connectivity index (χ4n) is 0.906. The minimum Gasteiger partial charge on any atom is -0.508 e. The van der Waals surface area contributed by atoms with Gasteiger partial charge in [0.25, 0.3) is 0 Å². The molecular formula is C11H15N2OS+. The van der Waals surface area contributed by atoms with Gasteiger partial charge in [0.1, 0.15) is 11.4 Å². The number of phenolic OH excluding ortho intramolecular Hbond substituents is 1. The predicted octanol–water partition coefficient (Wildman–Crippen LogP) is 1.86. The van der Waals surface area contributed by atoms with Gasteiger partial charge in [0.05, 0.1) is 7.05 Å². The lowest BCUT2D eigenvalue weighted by molar-refractivity contribution is -0.658. The molecule has 80 valence electrons. The molecule has 0 atom stereocenters. The second-order valence-corrected chi connectivity index (χ2v) is 4.00. The quantitative estimate of drug-likeness (QED) is 0.670. The minimum absolute atomic E-state index is 0.322. The van der Waals surface area contributed by atoms with E-state index in [0.717, 1.165) is 5.13 Å². The Balaban J connectivity index is 0.000000151. The summed E-state index contributed by atoms with van der Waals surface area (Å²) in [6, 6.07) is 8.71. The van der Waals surface area contributed by atoms with Crippen LogP contribution in [-0.2, 0) is 7.05 Å². The number of para-hydroxylation sites is 1. The summed E-state index contributed by atoms with van der Waals surface area (Å²) in [6.07, 6.45) is 0. The molecule has 0 saturated heterocycles. The van der Waals surface area contributed by atoms with Gasteiger partial charge in [-0.3, -0.25) is 5.73 Å². The van der Waals surface area contributed by atoms with Gasteiger partial charge >= 0.3 is 5.13 Å². The number of nitrogens with two attached hydrogens (primary N) is 1. The summed E-state index contributed by atoms with van der Waals surface area (Å²) in [7, 11) is 1.96. The molecule has 1 heterocycles. The molecule has 0 aliphatic carbocycles. The van der Waals surface area contributed by atoms with Crippen LogP contribution in [0.25, 0.3) is 0 Å². The van der Waals surface area contributed by atoms with E-state index in [9.17, 15) is 0 Å². The molecule has 0 saturated carbocycles. The highest BCUT2D eigenvalue weighted by atomic mass is 32.1. The van der Waals surface area contributed by atoms with Crippen molar-refractivity contribution in [1.82, 2.24) is 0 Å². The number of hydrogen-bond acceptors (Lipinski definition) is 3. The summed E-state index contributed by atoms with van der Waals surface area (Å²) in [6.45, 7) is 2.03. The number of benzene rings is 1. The van der Waals surface area contributed by atoms with Crippen molar-refractivity contribution in [3.05, 3.63) is 41.4 Å². The zero-order valence-corrected chi connectivity index (χ0v) is 9.66. The van der Waals surface area contributed by atoms with Crippen LogP contribution in [-0.4, -0.2) is 5.11 Å². The fraction of sp³-hybridized carbons (Fsp3) is 0.182. The molecule has 0 fully saturated rings. The average molecular weight is 223 g/mol. The Labute approximate surface area is 93.4 Å². The van der Waals surface area contributed by atoms with Crippen LogP contribution in [0.5, 0.6) is 5.75 Å². The van der Waals surface area contributed by atoms with E-state index in [1.807, 2.05) is 30.0 Å². The number of aromatic nitrogens is 1. The van der Waals surface area contributed by atoms with Crippen LogP contribution in [0.15, 0.2) is 35.7 Å². The van der Waals surface area contributed by atoms with Crippen molar-refractivity contribution in [2.24, 2.45) is 7.05 Å². The Morgan fingerprint density at radius 2 is 1.87 bits per heavy atom. The summed E-state index contributed by atoms with van der Waals surface area (Å²) in [4.78, 5) is 0. The third-order valence-electron chi connectivity index (χ3n) is 1.97. The highest BCUT2D eigenvalue weighted by Crippen LogP contribution is 2.05. The van der Waals surface area contributed by atoms with Crippen molar-refractivity contribution in [1.29, 1.82) is 0 Å². The van der Waals surface area contributed by atoms with Crippen molar-refractivity contribution >= 4 is 16.5 Å². The van der Waals surface area contributed by atoms with E-state index in [4.69, 9.17) is 10.8 Å². The minimum atomic E-state index is 0.322. The summed E-state index contributed by atoms with van der Waals surface area (Å²) in [5, 5.41) is 11.5. The maximum absolute atomic E-state index is 8.63. The maximum atomic E-state index is 8.63. The SMILES string of the molecule is Cc1csc(N)[n+]1C.Oc1ccccc1. The number of phenols is 1. The summed E-state index contributed by atoms with van der Waals surface area (Å²) < 4.78 is 1.96. The molecule has 3 N–H and O–H groups in total. The fourth-order valence-corrected chi connectivity index (χ4v) is 1.66. The molecule has 1 aromatic carbocycles. The highest BCUT2D eigenvalue weighted by molar-refractivity contribution is 7.13. The first-order chi connectivity index (χ1) is 7.11. The lowest BCUT2D eigenvalue weighted by Crippen LogP contribution is -2.31. The van der Waals surface area contributed by atoms with E-state index >= 15 is 0 Å². The second-order valence-electron chi connectivity index (χ2n) is 3.11. The Morgan fingerprint density at radius 1 is 1.27 bits per heavy atom. The first kappa shape index (κ1) is 11.5. The topological polar surface area (TPSA) is 50.1 Å². The van der Waals surface area contributed by atoms with Gasteiger partial charge in [0.2, 0.25) is 0 Å². The van der Waals surface area contributed by atoms with Gasteiger partial charge in [-0.1, -0.05) is 29.5 Å². The van der Waals surface area contributed by atoms with Gasteiger partial charge in [0, 0.05) is 5.38 Å². The third kappa shape index (κ3) is 3.59. The monoisotopic (exact) mass is 223 g/mol. The number of hydrogen-bond donors (Lipinski definition) is 2. The largest absolute Gasteiger partial charge is 0.508 e. The number of rotatable bonds is 0. The smallest absolute Gasteiger partial charge is 0.331 e. The zero-order chi connectivity index (χ0) is 11.3. The second kappa shape index (κ2) is 5.36.